The minimum Gasteiger partial charge on any atom is -0.352 e. The first-order chi connectivity index (χ1) is 18.5. The Morgan fingerprint density at radius 1 is 0.974 bits per heavy atom. The van der Waals surface area contributed by atoms with E-state index in [-0.39, 0.29) is 30.6 Å². The number of carbonyl (C=O) groups excluding carboxylic acids is 2. The van der Waals surface area contributed by atoms with E-state index in [0.29, 0.717) is 35.3 Å². The lowest BCUT2D eigenvalue weighted by Crippen LogP contribution is -2.49. The second-order valence-electron chi connectivity index (χ2n) is 8.30. The van der Waals surface area contributed by atoms with Gasteiger partial charge in [0.15, 0.2) is 0 Å². The van der Waals surface area contributed by atoms with Gasteiger partial charge in [0, 0.05) is 31.9 Å². The molecule has 39 heavy (non-hydrogen) atoms. The normalized spacial score (nSPS) is 14.7. The van der Waals surface area contributed by atoms with Gasteiger partial charge in [0.1, 0.15) is 5.82 Å². The molecule has 206 valence electrons. The van der Waals surface area contributed by atoms with Gasteiger partial charge in [-0.05, 0) is 50.0 Å². The van der Waals surface area contributed by atoms with Gasteiger partial charge in [-0.25, -0.2) is 9.79 Å². The molecule has 3 amide bonds. The molecule has 0 saturated carbocycles. The van der Waals surface area contributed by atoms with Crippen LogP contribution >= 0.6 is 11.6 Å². The maximum atomic E-state index is 13.0. The summed E-state index contributed by atoms with van der Waals surface area (Å²) >= 11 is 6.35. The number of alkyl halides is 3. The predicted molar refractivity (Wildman–Crippen MR) is 148 cm³/mol. The van der Waals surface area contributed by atoms with Crippen LogP contribution in [0, 0.1) is 0 Å². The molecule has 3 rings (SSSR count). The number of halogens is 4. The third-order valence-corrected chi connectivity index (χ3v) is 5.76. The Hall–Kier alpha value is -4.32. The molecule has 2 aromatic carbocycles. The van der Waals surface area contributed by atoms with E-state index in [1.807, 2.05) is 4.90 Å². The molecule has 0 aliphatic carbocycles. The number of nitrogens with zero attached hydrogens (tertiary/aromatic N) is 4. The van der Waals surface area contributed by atoms with Crippen molar-refractivity contribution in [2.75, 3.05) is 42.1 Å². The first kappa shape index (κ1) is 29.2. The smallest absolute Gasteiger partial charge is 0.352 e. The van der Waals surface area contributed by atoms with E-state index >= 15 is 0 Å². The van der Waals surface area contributed by atoms with E-state index in [1.165, 1.54) is 17.0 Å². The van der Waals surface area contributed by atoms with E-state index in [4.69, 9.17) is 11.6 Å². The molecule has 1 aliphatic heterocycles. The highest BCUT2D eigenvalue weighted by molar-refractivity contribution is 6.29. The average Bonchev–Trinajstić information content (AvgIpc) is 2.91. The quantitative estimate of drug-likeness (QED) is 0.244. The van der Waals surface area contributed by atoms with Crippen molar-refractivity contribution in [3.8, 4) is 0 Å². The maximum Gasteiger partial charge on any atom is 0.416 e. The molecule has 1 aliphatic rings. The molecule has 1 fully saturated rings. The predicted octanol–water partition coefficient (Wildman–Crippen LogP) is 5.58. The Bertz CT molecular complexity index is 1300. The molecule has 13 heteroatoms. The Morgan fingerprint density at radius 2 is 1.59 bits per heavy atom. The summed E-state index contributed by atoms with van der Waals surface area (Å²) in [6.45, 7) is 9.91. The summed E-state index contributed by atoms with van der Waals surface area (Å²) in [6.07, 6.45) is -3.36. The zero-order valence-corrected chi connectivity index (χ0v) is 21.8. The highest BCUT2D eigenvalue weighted by Gasteiger charge is 2.31. The number of benzene rings is 2. The Morgan fingerprint density at radius 3 is 2.15 bits per heavy atom. The molecule has 3 N–H and O–H groups in total. The fourth-order valence-corrected chi connectivity index (χ4v) is 3.83. The van der Waals surface area contributed by atoms with Gasteiger partial charge in [0.2, 0.25) is 11.9 Å². The van der Waals surface area contributed by atoms with Crippen molar-refractivity contribution in [3.05, 3.63) is 77.6 Å². The number of aliphatic imine (C=N–C) groups is 2. The van der Waals surface area contributed by atoms with Crippen LogP contribution in [0.1, 0.15) is 12.5 Å². The van der Waals surface area contributed by atoms with Crippen molar-refractivity contribution in [2.45, 2.75) is 13.1 Å². The van der Waals surface area contributed by atoms with Crippen molar-refractivity contribution in [1.82, 2.24) is 9.80 Å². The molecule has 9 nitrogen and oxygen atoms in total. The maximum absolute atomic E-state index is 13.0. The number of carbonyl (C=O) groups is 2. The van der Waals surface area contributed by atoms with Gasteiger partial charge in [-0.1, -0.05) is 36.4 Å². The van der Waals surface area contributed by atoms with Crippen LogP contribution in [0.3, 0.4) is 0 Å². The summed E-state index contributed by atoms with van der Waals surface area (Å²) in [4.78, 5) is 36.2. The van der Waals surface area contributed by atoms with Gasteiger partial charge in [-0.3, -0.25) is 4.79 Å². The van der Waals surface area contributed by atoms with Crippen molar-refractivity contribution in [1.29, 1.82) is 0 Å². The van der Waals surface area contributed by atoms with Crippen LogP contribution in [0.2, 0.25) is 0 Å². The molecule has 2 aromatic rings. The largest absolute Gasteiger partial charge is 0.416 e. The van der Waals surface area contributed by atoms with Crippen LogP contribution in [0.15, 0.2) is 82.0 Å². The molecule has 0 unspecified atom stereocenters. The average molecular weight is 562 g/mol. The summed E-state index contributed by atoms with van der Waals surface area (Å²) in [6, 6.07) is 10.9. The minimum atomic E-state index is -4.51. The summed E-state index contributed by atoms with van der Waals surface area (Å²) in [5.41, 5.74) is 0.200. The molecule has 0 spiro atoms. The van der Waals surface area contributed by atoms with Crippen molar-refractivity contribution < 1.29 is 22.8 Å². The number of urea groups is 1. The molecule has 0 aromatic heterocycles. The van der Waals surface area contributed by atoms with Crippen LogP contribution in [0.4, 0.5) is 35.0 Å². The van der Waals surface area contributed by atoms with E-state index in [2.05, 4.69) is 39.2 Å². The van der Waals surface area contributed by atoms with Gasteiger partial charge < -0.3 is 25.8 Å². The Kier molecular flexibility index (Phi) is 9.72. The Balaban J connectivity index is 1.68. The van der Waals surface area contributed by atoms with Gasteiger partial charge in [-0.2, -0.15) is 18.2 Å². The van der Waals surface area contributed by atoms with Crippen molar-refractivity contribution >= 4 is 53.3 Å². The van der Waals surface area contributed by atoms with E-state index in [9.17, 15) is 22.8 Å². The number of hydrogen-bond donors (Lipinski definition) is 3. The van der Waals surface area contributed by atoms with E-state index in [1.54, 1.807) is 31.2 Å². The van der Waals surface area contributed by atoms with Crippen molar-refractivity contribution in [3.63, 3.8) is 0 Å². The first-order valence-corrected chi connectivity index (χ1v) is 12.1. The lowest BCUT2D eigenvalue weighted by molar-refractivity contribution is -0.137. The Labute approximate surface area is 228 Å². The van der Waals surface area contributed by atoms with Crippen LogP contribution in [0.25, 0.3) is 0 Å². The van der Waals surface area contributed by atoms with Crippen LogP contribution < -0.4 is 16.0 Å². The number of nitrogens with one attached hydrogen (secondary N) is 3. The molecule has 1 heterocycles. The fourth-order valence-electron chi connectivity index (χ4n) is 3.67. The number of allylic oxidation sites excluding steroid dienone is 1. The minimum absolute atomic E-state index is 0.0522. The number of para-hydroxylation sites is 2. The second-order valence-corrected chi connectivity index (χ2v) is 8.86. The first-order valence-electron chi connectivity index (χ1n) is 11.7. The van der Waals surface area contributed by atoms with Gasteiger partial charge in [0.25, 0.3) is 0 Å². The topological polar surface area (TPSA) is 101 Å². The summed E-state index contributed by atoms with van der Waals surface area (Å²) in [5.74, 6) is 0.133. The number of amides is 3. The third kappa shape index (κ3) is 8.08. The molecule has 0 atom stereocenters. The lowest BCUT2D eigenvalue weighted by Gasteiger charge is -2.36. The number of piperazine rings is 1. The van der Waals surface area contributed by atoms with Crippen LogP contribution in [0.5, 0.6) is 0 Å². The molecular weight excluding hydrogens is 535 g/mol. The lowest BCUT2D eigenvalue weighted by atomic mass is 10.2. The number of rotatable bonds is 6. The molecule has 1 saturated heterocycles. The van der Waals surface area contributed by atoms with E-state index in [0.717, 1.165) is 18.2 Å². The fraction of sp³-hybridized carbons (Fsp3) is 0.231. The number of hydrogen-bond acceptors (Lipinski definition) is 4. The van der Waals surface area contributed by atoms with Gasteiger partial charge >= 0.3 is 12.2 Å². The zero-order chi connectivity index (χ0) is 28.6. The van der Waals surface area contributed by atoms with Gasteiger partial charge in [0.05, 0.1) is 22.0 Å². The van der Waals surface area contributed by atoms with E-state index < -0.39 is 17.8 Å². The second kappa shape index (κ2) is 13.0. The monoisotopic (exact) mass is 561 g/mol. The van der Waals surface area contributed by atoms with Gasteiger partial charge in [-0.15, -0.1) is 0 Å². The van der Waals surface area contributed by atoms with Crippen LogP contribution in [-0.2, 0) is 11.0 Å². The summed E-state index contributed by atoms with van der Waals surface area (Å²) in [5, 5.41) is 8.59. The highest BCUT2D eigenvalue weighted by Crippen LogP contribution is 2.31. The summed E-state index contributed by atoms with van der Waals surface area (Å²) in [7, 11) is 0. The highest BCUT2D eigenvalue weighted by atomic mass is 35.5. The zero-order valence-electron chi connectivity index (χ0n) is 21.1. The standard InChI is InChI=1S/C26H27ClF3N7O2/c1-4-22(38)33-20-10-5-6-11-21(20)34-24(31-3)35-23(17(2)27)36-12-14-37(15-13-36)25(39)32-19-9-7-8-18(16-19)26(28,29)30/h4-11,16H,1,3,12-15H2,2H3,(H,32,39)(H,33,38)(H,34,35)/b23-17-. The van der Waals surface area contributed by atoms with Crippen molar-refractivity contribution in [2.24, 2.45) is 9.98 Å². The number of guanidine groups is 1. The SMILES string of the molecule is C=CC(=O)Nc1ccccc1NC(N=C)=N/C(=C(\C)Cl)N1CCN(C(=O)Nc2cccc(C(F)(F)F)c2)CC1. The third-order valence-electron chi connectivity index (χ3n) is 5.59. The molecular formula is C26H27ClF3N7O2. The molecule has 0 radical (unpaired) electrons. The number of anilines is 3. The van der Waals surface area contributed by atoms with Crippen LogP contribution in [-0.4, -0.2) is 60.6 Å². The molecule has 0 bridgehead atoms. The summed E-state index contributed by atoms with van der Waals surface area (Å²) < 4.78 is 38.9.